The van der Waals surface area contributed by atoms with Crippen LogP contribution in [0.25, 0.3) is 0 Å². The molecule has 0 spiro atoms. The second kappa shape index (κ2) is 8.97. The van der Waals surface area contributed by atoms with E-state index in [0.29, 0.717) is 6.54 Å². The molecule has 1 aliphatic carbocycles. The lowest BCUT2D eigenvalue weighted by Gasteiger charge is -2.16. The summed E-state index contributed by atoms with van der Waals surface area (Å²) in [6.07, 6.45) is 5.24. The number of rotatable bonds is 3. The summed E-state index contributed by atoms with van der Waals surface area (Å²) in [6.45, 7) is 0.927. The van der Waals surface area contributed by atoms with E-state index >= 15 is 0 Å². The quantitative estimate of drug-likeness (QED) is 0.636. The van der Waals surface area contributed by atoms with Gasteiger partial charge in [0, 0.05) is 6.54 Å². The van der Waals surface area contributed by atoms with Crippen LogP contribution in [0.2, 0.25) is 0 Å². The lowest BCUT2D eigenvalue weighted by Crippen LogP contribution is -2.16. The first-order valence-electron chi connectivity index (χ1n) is 5.20. The van der Waals surface area contributed by atoms with Gasteiger partial charge in [0.25, 0.3) is 0 Å². The van der Waals surface area contributed by atoms with Gasteiger partial charge in [0.1, 0.15) is 0 Å². The van der Waals surface area contributed by atoms with Gasteiger partial charge in [-0.3, -0.25) is 4.79 Å². The zero-order valence-corrected chi connectivity index (χ0v) is 8.83. The first kappa shape index (κ1) is 13.4. The van der Waals surface area contributed by atoms with Crippen molar-refractivity contribution in [2.45, 2.75) is 32.1 Å². The van der Waals surface area contributed by atoms with Crippen LogP contribution in [0.4, 0.5) is 0 Å². The number of carboxylic acid groups (broad SMARTS) is 1. The second-order valence-corrected chi connectivity index (χ2v) is 3.50. The van der Waals surface area contributed by atoms with E-state index in [4.69, 9.17) is 10.2 Å². The zero-order chi connectivity index (χ0) is 10.8. The number of carbonyl (C=O) groups is 1. The number of hydrogen-bond donors (Lipinski definition) is 3. The lowest BCUT2D eigenvalue weighted by atomic mass is 9.90. The molecule has 1 aliphatic rings. The third kappa shape index (κ3) is 6.86. The molecule has 1 saturated carbocycles. The van der Waals surface area contributed by atoms with E-state index in [1.807, 2.05) is 0 Å². The highest BCUT2D eigenvalue weighted by atomic mass is 16.4. The minimum atomic E-state index is -0.602. The van der Waals surface area contributed by atoms with E-state index < -0.39 is 5.97 Å². The Morgan fingerprint density at radius 2 is 1.93 bits per heavy atom. The first-order chi connectivity index (χ1) is 6.72. The van der Waals surface area contributed by atoms with Gasteiger partial charge in [-0.05, 0) is 19.9 Å². The molecule has 1 fully saturated rings. The van der Waals surface area contributed by atoms with Crippen LogP contribution in [0.15, 0.2) is 0 Å². The van der Waals surface area contributed by atoms with E-state index in [0.717, 1.165) is 25.7 Å². The Bertz CT molecular complexity index is 142. The lowest BCUT2D eigenvalue weighted by molar-refractivity contribution is -0.142. The molecule has 0 radical (unpaired) electrons. The van der Waals surface area contributed by atoms with E-state index in [1.165, 1.54) is 6.42 Å². The molecule has 14 heavy (non-hydrogen) atoms. The fourth-order valence-corrected chi connectivity index (χ4v) is 1.46. The summed E-state index contributed by atoms with van der Waals surface area (Å²) >= 11 is 0. The molecule has 0 aromatic heterocycles. The molecule has 0 atom stereocenters. The number of aliphatic hydroxyl groups excluding tert-OH is 1. The van der Waals surface area contributed by atoms with Gasteiger partial charge in [0.05, 0.1) is 12.5 Å². The fraction of sp³-hybridized carbons (Fsp3) is 0.900. The number of carboxylic acids is 1. The summed E-state index contributed by atoms with van der Waals surface area (Å²) in [6, 6.07) is 0. The minimum Gasteiger partial charge on any atom is -0.481 e. The van der Waals surface area contributed by atoms with Crippen LogP contribution in [-0.2, 0) is 4.79 Å². The summed E-state index contributed by atoms with van der Waals surface area (Å²) in [5, 5.41) is 19.3. The molecule has 0 heterocycles. The molecule has 4 heteroatoms. The van der Waals surface area contributed by atoms with Crippen LogP contribution in [-0.4, -0.2) is 36.4 Å². The van der Waals surface area contributed by atoms with Gasteiger partial charge in [0.2, 0.25) is 0 Å². The number of likely N-dealkylation sites (N-methyl/N-ethyl adjacent to an activating group) is 1. The van der Waals surface area contributed by atoms with Crippen LogP contribution in [0.5, 0.6) is 0 Å². The molecule has 0 aliphatic heterocycles. The molecule has 0 saturated heterocycles. The fourth-order valence-electron chi connectivity index (χ4n) is 1.46. The Morgan fingerprint density at radius 1 is 1.36 bits per heavy atom. The molecule has 84 valence electrons. The van der Waals surface area contributed by atoms with Gasteiger partial charge in [-0.1, -0.05) is 19.3 Å². The van der Waals surface area contributed by atoms with Gasteiger partial charge >= 0.3 is 5.97 Å². The van der Waals surface area contributed by atoms with Crippen molar-refractivity contribution in [3.05, 3.63) is 0 Å². The summed E-state index contributed by atoms with van der Waals surface area (Å²) in [7, 11) is 1.80. The van der Waals surface area contributed by atoms with Crippen LogP contribution in [0.3, 0.4) is 0 Å². The number of nitrogens with one attached hydrogen (secondary N) is 1. The van der Waals surface area contributed by atoms with Crippen molar-refractivity contribution in [3.63, 3.8) is 0 Å². The van der Waals surface area contributed by atoms with Gasteiger partial charge in [-0.15, -0.1) is 0 Å². The standard InChI is InChI=1S/C7H12O2.C3H9NO/c8-7(9)6-4-2-1-3-5-6;1-4-2-3-5/h6H,1-5H2,(H,8,9);4-5H,2-3H2,1H3. The average Bonchev–Trinajstić information content (AvgIpc) is 2.21. The molecule has 1 rings (SSSR count). The van der Waals surface area contributed by atoms with Crippen molar-refractivity contribution in [2.75, 3.05) is 20.2 Å². The van der Waals surface area contributed by atoms with Crippen molar-refractivity contribution >= 4 is 5.97 Å². The largest absolute Gasteiger partial charge is 0.481 e. The predicted octanol–water partition coefficient (Wildman–Crippen LogP) is 0.849. The highest BCUT2D eigenvalue weighted by Crippen LogP contribution is 2.23. The van der Waals surface area contributed by atoms with Crippen molar-refractivity contribution in [1.82, 2.24) is 5.32 Å². The van der Waals surface area contributed by atoms with E-state index in [-0.39, 0.29) is 12.5 Å². The molecule has 3 N–H and O–H groups in total. The summed E-state index contributed by atoms with van der Waals surface area (Å²) in [5.74, 6) is -0.631. The van der Waals surface area contributed by atoms with Crippen LogP contribution >= 0.6 is 0 Å². The van der Waals surface area contributed by atoms with E-state index in [1.54, 1.807) is 7.05 Å². The maximum atomic E-state index is 10.4. The first-order valence-corrected chi connectivity index (χ1v) is 5.20. The smallest absolute Gasteiger partial charge is 0.306 e. The Hall–Kier alpha value is -0.610. The van der Waals surface area contributed by atoms with Crippen molar-refractivity contribution < 1.29 is 15.0 Å². The van der Waals surface area contributed by atoms with Gasteiger partial charge in [0.15, 0.2) is 0 Å². The average molecular weight is 203 g/mol. The topological polar surface area (TPSA) is 69.6 Å². The van der Waals surface area contributed by atoms with Crippen LogP contribution in [0, 0.1) is 5.92 Å². The van der Waals surface area contributed by atoms with Gasteiger partial charge in [-0.25, -0.2) is 0 Å². The van der Waals surface area contributed by atoms with Crippen LogP contribution < -0.4 is 5.32 Å². The molecular formula is C10H21NO3. The van der Waals surface area contributed by atoms with Crippen LogP contribution in [0.1, 0.15) is 32.1 Å². The Labute approximate surface area is 85.3 Å². The van der Waals surface area contributed by atoms with E-state index in [9.17, 15) is 4.79 Å². The third-order valence-corrected chi connectivity index (χ3v) is 2.32. The third-order valence-electron chi connectivity index (χ3n) is 2.32. The summed E-state index contributed by atoms with van der Waals surface area (Å²) in [5.41, 5.74) is 0. The normalized spacial score (nSPS) is 17.0. The second-order valence-electron chi connectivity index (χ2n) is 3.50. The minimum absolute atomic E-state index is 0.0289. The van der Waals surface area contributed by atoms with Crippen molar-refractivity contribution in [2.24, 2.45) is 5.92 Å². The molecule has 0 aromatic carbocycles. The maximum Gasteiger partial charge on any atom is 0.306 e. The molecule has 0 amide bonds. The number of aliphatic carboxylic acids is 1. The van der Waals surface area contributed by atoms with Gasteiger partial charge < -0.3 is 15.5 Å². The number of aliphatic hydroxyl groups is 1. The molecule has 4 nitrogen and oxygen atoms in total. The van der Waals surface area contributed by atoms with Crippen molar-refractivity contribution in [3.8, 4) is 0 Å². The monoisotopic (exact) mass is 203 g/mol. The summed E-state index contributed by atoms with van der Waals surface area (Å²) in [4.78, 5) is 10.4. The highest BCUT2D eigenvalue weighted by molar-refractivity contribution is 5.69. The maximum absolute atomic E-state index is 10.4. The Morgan fingerprint density at radius 3 is 2.14 bits per heavy atom. The van der Waals surface area contributed by atoms with Gasteiger partial charge in [-0.2, -0.15) is 0 Å². The summed E-state index contributed by atoms with van der Waals surface area (Å²) < 4.78 is 0. The highest BCUT2D eigenvalue weighted by Gasteiger charge is 2.19. The molecule has 0 bridgehead atoms. The molecule has 0 aromatic rings. The Kier molecular flexibility index (Phi) is 8.57. The zero-order valence-electron chi connectivity index (χ0n) is 8.83. The van der Waals surface area contributed by atoms with E-state index in [2.05, 4.69) is 5.32 Å². The Balaban J connectivity index is 0.000000292. The molecular weight excluding hydrogens is 182 g/mol. The number of hydrogen-bond acceptors (Lipinski definition) is 3. The van der Waals surface area contributed by atoms with Crippen molar-refractivity contribution in [1.29, 1.82) is 0 Å². The molecule has 0 unspecified atom stereocenters. The predicted molar refractivity (Wildman–Crippen MR) is 55.2 cm³/mol. The SMILES string of the molecule is CNCCO.O=C(O)C1CCCCC1.